The van der Waals surface area contributed by atoms with Crippen LogP contribution in [0.15, 0.2) is 24.3 Å². The van der Waals surface area contributed by atoms with Crippen molar-refractivity contribution in [2.24, 2.45) is 0 Å². The second-order valence-corrected chi connectivity index (χ2v) is 4.98. The van der Waals surface area contributed by atoms with Crippen molar-refractivity contribution in [1.29, 1.82) is 0 Å². The average molecular weight is 287 g/mol. The number of benzene rings is 1. The Balaban J connectivity index is 0.000000390. The van der Waals surface area contributed by atoms with Gasteiger partial charge in [0.05, 0.1) is 0 Å². The Hall–Kier alpha value is -0.523. The molecule has 21 heavy (non-hydrogen) atoms. The summed E-state index contributed by atoms with van der Waals surface area (Å²) >= 11 is 0. The molecule has 0 heterocycles. The van der Waals surface area contributed by atoms with Crippen molar-refractivity contribution in [3.05, 3.63) is 50.1 Å². The zero-order chi connectivity index (χ0) is 15.0. The van der Waals surface area contributed by atoms with Gasteiger partial charge < -0.3 is 18.7 Å². The molecule has 0 amide bonds. The largest absolute Gasteiger partial charge is 1.00 e. The fourth-order valence-electron chi connectivity index (χ4n) is 2.19. The molecule has 4 heteroatoms. The van der Waals surface area contributed by atoms with Gasteiger partial charge in [-0.3, -0.25) is 6.42 Å². The van der Waals surface area contributed by atoms with Gasteiger partial charge in [-0.25, -0.2) is 8.78 Å². The first-order valence-corrected chi connectivity index (χ1v) is 7.11. The standard InChI is InChI=1S/C11H15N.C6H9F2.Li/c1-4-12(5-2)11-9-7-6-8-10(11)3;7-6(8)4-2-1-3-5-6;/h6-9H,1-2,4-5H2,3H3;4H,1-3,5H2;/q-2;-1;+1. The number of aryl methyl sites for hydroxylation is 1. The van der Waals surface area contributed by atoms with E-state index >= 15 is 0 Å². The van der Waals surface area contributed by atoms with Crippen molar-refractivity contribution in [2.45, 2.75) is 38.5 Å². The molecule has 1 saturated carbocycles. The fraction of sp³-hybridized carbons (Fsp3) is 0.471. The Morgan fingerprint density at radius 3 is 2.19 bits per heavy atom. The van der Waals surface area contributed by atoms with Crippen molar-refractivity contribution < 1.29 is 27.6 Å². The molecule has 0 aliphatic heterocycles. The summed E-state index contributed by atoms with van der Waals surface area (Å²) in [6.07, 6.45) is 3.40. The molecule has 0 atom stereocenters. The summed E-state index contributed by atoms with van der Waals surface area (Å²) in [6, 6.07) is 8.29. The molecular formula is C17H24F2LiN-2. The monoisotopic (exact) mass is 287 g/mol. The van der Waals surface area contributed by atoms with E-state index in [0.717, 1.165) is 25.9 Å². The Morgan fingerprint density at radius 1 is 1.19 bits per heavy atom. The van der Waals surface area contributed by atoms with Gasteiger partial charge >= 0.3 is 18.9 Å². The van der Waals surface area contributed by atoms with E-state index in [1.54, 1.807) is 0 Å². The van der Waals surface area contributed by atoms with Crippen molar-refractivity contribution >= 4 is 5.69 Å². The van der Waals surface area contributed by atoms with Crippen LogP contribution in [-0.4, -0.2) is 19.0 Å². The van der Waals surface area contributed by atoms with E-state index in [-0.39, 0.29) is 25.3 Å². The number of hydrogen-bond acceptors (Lipinski definition) is 1. The molecular weight excluding hydrogens is 263 g/mol. The molecule has 1 aromatic rings. The summed E-state index contributed by atoms with van der Waals surface area (Å²) in [4.78, 5) is 2.15. The first kappa shape index (κ1) is 20.5. The van der Waals surface area contributed by atoms with Gasteiger partial charge in [0, 0.05) is 5.69 Å². The Labute approximate surface area is 140 Å². The van der Waals surface area contributed by atoms with Crippen LogP contribution in [0.1, 0.15) is 31.2 Å². The quantitative estimate of drug-likeness (QED) is 0.606. The predicted octanol–water partition coefficient (Wildman–Crippen LogP) is 1.87. The third-order valence-electron chi connectivity index (χ3n) is 3.40. The zero-order valence-corrected chi connectivity index (χ0v) is 13.2. The van der Waals surface area contributed by atoms with E-state index in [1.807, 2.05) is 12.1 Å². The number of para-hydroxylation sites is 1. The summed E-state index contributed by atoms with van der Waals surface area (Å²) in [5.74, 6) is -2.45. The molecule has 0 N–H and O–H groups in total. The van der Waals surface area contributed by atoms with Crippen LogP contribution in [0.2, 0.25) is 0 Å². The maximum atomic E-state index is 12.1. The number of halogens is 2. The van der Waals surface area contributed by atoms with Crippen molar-refractivity contribution in [1.82, 2.24) is 0 Å². The van der Waals surface area contributed by atoms with E-state index < -0.39 is 5.92 Å². The number of alkyl halides is 2. The van der Waals surface area contributed by atoms with E-state index in [2.05, 4.69) is 37.8 Å². The van der Waals surface area contributed by atoms with Gasteiger partial charge in [0.1, 0.15) is 5.92 Å². The minimum Gasteiger partial charge on any atom is -0.431 e. The summed E-state index contributed by atoms with van der Waals surface area (Å²) in [5.41, 5.74) is 2.52. The van der Waals surface area contributed by atoms with Crippen LogP contribution < -0.4 is 23.8 Å². The van der Waals surface area contributed by atoms with E-state index in [4.69, 9.17) is 0 Å². The molecule has 1 nitrogen and oxygen atoms in total. The van der Waals surface area contributed by atoms with Crippen LogP contribution in [0, 0.1) is 27.2 Å². The van der Waals surface area contributed by atoms with E-state index in [0.29, 0.717) is 12.8 Å². The number of hydrogen-bond donors (Lipinski definition) is 0. The molecule has 0 unspecified atom stereocenters. The van der Waals surface area contributed by atoms with Gasteiger partial charge in [0.25, 0.3) is 0 Å². The third-order valence-corrected chi connectivity index (χ3v) is 3.40. The van der Waals surface area contributed by atoms with Crippen molar-refractivity contribution in [2.75, 3.05) is 18.0 Å². The number of nitrogens with zero attached hydrogens (tertiary/aromatic N) is 1. The van der Waals surface area contributed by atoms with Crippen LogP contribution >= 0.6 is 0 Å². The summed E-state index contributed by atoms with van der Waals surface area (Å²) in [5, 5.41) is 0. The Kier molecular flexibility index (Phi) is 9.99. The van der Waals surface area contributed by atoms with Gasteiger partial charge in [-0.2, -0.15) is 6.42 Å². The summed E-state index contributed by atoms with van der Waals surface area (Å²) in [7, 11) is 0. The minimum atomic E-state index is -2.45. The molecule has 114 valence electrons. The van der Waals surface area contributed by atoms with Crippen LogP contribution in [0.5, 0.6) is 0 Å². The maximum absolute atomic E-state index is 12.1. The molecule has 0 aromatic heterocycles. The molecule has 1 aliphatic carbocycles. The van der Waals surface area contributed by atoms with Crippen LogP contribution in [0.4, 0.5) is 14.5 Å². The Bertz CT molecular complexity index is 384. The zero-order valence-electron chi connectivity index (χ0n) is 13.2. The first-order chi connectivity index (χ1) is 9.50. The molecule has 1 aromatic carbocycles. The molecule has 0 saturated heterocycles. The smallest absolute Gasteiger partial charge is 0.431 e. The van der Waals surface area contributed by atoms with Gasteiger partial charge in [-0.15, -0.1) is 13.1 Å². The van der Waals surface area contributed by atoms with Crippen LogP contribution in [-0.2, 0) is 0 Å². The third kappa shape index (κ3) is 7.34. The van der Waals surface area contributed by atoms with Crippen LogP contribution in [0.25, 0.3) is 0 Å². The number of anilines is 1. The molecule has 1 aliphatic rings. The topological polar surface area (TPSA) is 3.24 Å². The fourth-order valence-corrected chi connectivity index (χ4v) is 2.19. The normalized spacial score (nSPS) is 16.2. The van der Waals surface area contributed by atoms with Crippen LogP contribution in [0.3, 0.4) is 0 Å². The average Bonchev–Trinajstić information content (AvgIpc) is 2.42. The van der Waals surface area contributed by atoms with Gasteiger partial charge in [-0.05, 0) is 25.0 Å². The minimum absolute atomic E-state index is 0. The number of rotatable bonds is 3. The van der Waals surface area contributed by atoms with Crippen molar-refractivity contribution in [3.63, 3.8) is 0 Å². The molecule has 0 radical (unpaired) electrons. The molecule has 1 fully saturated rings. The van der Waals surface area contributed by atoms with Gasteiger partial charge in [0.2, 0.25) is 0 Å². The molecule has 0 bridgehead atoms. The second-order valence-electron chi connectivity index (χ2n) is 4.98. The first-order valence-electron chi connectivity index (χ1n) is 7.11. The summed E-state index contributed by atoms with van der Waals surface area (Å²) in [6.45, 7) is 11.4. The van der Waals surface area contributed by atoms with E-state index in [9.17, 15) is 8.78 Å². The van der Waals surface area contributed by atoms with Crippen molar-refractivity contribution in [3.8, 4) is 0 Å². The predicted molar refractivity (Wildman–Crippen MR) is 81.8 cm³/mol. The SMILES string of the molecule is FC1(F)[CH-]CCCC1.[CH2-]CN(C[CH2-])c1ccccc1C.[Li+]. The Morgan fingerprint density at radius 2 is 1.81 bits per heavy atom. The van der Waals surface area contributed by atoms with Gasteiger partial charge in [-0.1, -0.05) is 31.0 Å². The van der Waals surface area contributed by atoms with Gasteiger partial charge in [0.15, 0.2) is 0 Å². The maximum Gasteiger partial charge on any atom is 1.00 e. The molecule has 2 rings (SSSR count). The molecule has 0 spiro atoms. The van der Waals surface area contributed by atoms with E-state index in [1.165, 1.54) is 11.3 Å². The second kappa shape index (κ2) is 10.2. The summed E-state index contributed by atoms with van der Waals surface area (Å²) < 4.78 is 24.3.